The number of fused-ring (bicyclic) bond motifs is 2. The first-order chi connectivity index (χ1) is 13.3. The van der Waals surface area contributed by atoms with E-state index in [1.165, 1.54) is 0 Å². The molecule has 0 amide bonds. The van der Waals surface area contributed by atoms with Crippen molar-refractivity contribution in [2.75, 3.05) is 13.4 Å². The molecule has 4 rings (SSSR count). The standard InChI is InChI=1S/C23H15NO3/c1-2-11-25-21-9-7-16-5-3-4-6-19(16)20(21)12-18(14-24)17-8-10-22-23(13-17)27-15-26-22/h1,3-10,12-13H,11,15H2/b18-12+. The average molecular weight is 353 g/mol. The van der Waals surface area contributed by atoms with E-state index in [0.717, 1.165) is 21.9 Å². The van der Waals surface area contributed by atoms with Gasteiger partial charge in [0.25, 0.3) is 0 Å². The molecule has 27 heavy (non-hydrogen) atoms. The number of rotatable bonds is 4. The molecule has 0 spiro atoms. The van der Waals surface area contributed by atoms with Crippen molar-refractivity contribution in [1.29, 1.82) is 5.26 Å². The van der Waals surface area contributed by atoms with Crippen LogP contribution in [0.3, 0.4) is 0 Å². The Labute approximate surface area is 157 Å². The lowest BCUT2D eigenvalue weighted by molar-refractivity contribution is 0.174. The zero-order chi connectivity index (χ0) is 18.6. The highest BCUT2D eigenvalue weighted by Gasteiger charge is 2.16. The van der Waals surface area contributed by atoms with Crippen LogP contribution in [0.2, 0.25) is 0 Å². The zero-order valence-electron chi connectivity index (χ0n) is 14.4. The minimum Gasteiger partial charge on any atom is -0.480 e. The molecule has 0 saturated heterocycles. The van der Waals surface area contributed by atoms with Crippen molar-refractivity contribution in [3.05, 3.63) is 65.7 Å². The van der Waals surface area contributed by atoms with Crippen molar-refractivity contribution in [3.63, 3.8) is 0 Å². The Morgan fingerprint density at radius 3 is 2.81 bits per heavy atom. The van der Waals surface area contributed by atoms with Gasteiger partial charge in [-0.15, -0.1) is 6.42 Å². The lowest BCUT2D eigenvalue weighted by Gasteiger charge is -2.11. The molecule has 4 heteroatoms. The summed E-state index contributed by atoms with van der Waals surface area (Å²) in [7, 11) is 0. The van der Waals surface area contributed by atoms with Gasteiger partial charge in [0.2, 0.25) is 6.79 Å². The monoisotopic (exact) mass is 353 g/mol. The largest absolute Gasteiger partial charge is 0.480 e. The quantitative estimate of drug-likeness (QED) is 0.389. The first kappa shape index (κ1) is 16.6. The second-order valence-electron chi connectivity index (χ2n) is 5.93. The summed E-state index contributed by atoms with van der Waals surface area (Å²) < 4.78 is 16.5. The molecule has 1 heterocycles. The Kier molecular flexibility index (Phi) is 4.39. The molecule has 0 saturated carbocycles. The molecule has 4 nitrogen and oxygen atoms in total. The molecule has 3 aromatic carbocycles. The fourth-order valence-electron chi connectivity index (χ4n) is 3.06. The molecule has 0 unspecified atom stereocenters. The summed E-state index contributed by atoms with van der Waals surface area (Å²) in [5, 5.41) is 11.8. The van der Waals surface area contributed by atoms with E-state index < -0.39 is 0 Å². The number of ether oxygens (including phenoxy) is 3. The normalized spacial score (nSPS) is 12.4. The third-order valence-corrected chi connectivity index (χ3v) is 4.33. The van der Waals surface area contributed by atoms with Crippen LogP contribution in [-0.2, 0) is 0 Å². The molecule has 0 aromatic heterocycles. The van der Waals surface area contributed by atoms with Gasteiger partial charge in [-0.1, -0.05) is 36.3 Å². The van der Waals surface area contributed by atoms with E-state index in [4.69, 9.17) is 20.6 Å². The minimum absolute atomic E-state index is 0.158. The summed E-state index contributed by atoms with van der Waals surface area (Å²) in [5.41, 5.74) is 2.06. The van der Waals surface area contributed by atoms with Gasteiger partial charge >= 0.3 is 0 Å². The Bertz CT molecular complexity index is 1130. The van der Waals surface area contributed by atoms with E-state index >= 15 is 0 Å². The Hall–Kier alpha value is -3.89. The number of benzene rings is 3. The van der Waals surface area contributed by atoms with E-state index in [-0.39, 0.29) is 13.4 Å². The maximum atomic E-state index is 9.76. The van der Waals surface area contributed by atoms with Gasteiger partial charge in [0.1, 0.15) is 12.4 Å². The Morgan fingerprint density at radius 2 is 1.96 bits per heavy atom. The van der Waals surface area contributed by atoms with Crippen molar-refractivity contribution < 1.29 is 14.2 Å². The lowest BCUT2D eigenvalue weighted by Crippen LogP contribution is -1.96. The highest BCUT2D eigenvalue weighted by molar-refractivity contribution is 6.00. The van der Waals surface area contributed by atoms with Gasteiger partial charge in [0.05, 0.1) is 11.6 Å². The van der Waals surface area contributed by atoms with Gasteiger partial charge in [0.15, 0.2) is 11.5 Å². The van der Waals surface area contributed by atoms with Crippen LogP contribution in [0.5, 0.6) is 17.2 Å². The number of allylic oxidation sites excluding steroid dienone is 1. The molecular formula is C23H15NO3. The predicted octanol–water partition coefficient (Wildman–Crippen LogP) is 4.64. The van der Waals surface area contributed by atoms with E-state index in [0.29, 0.717) is 22.8 Å². The van der Waals surface area contributed by atoms with Gasteiger partial charge in [-0.25, -0.2) is 0 Å². The second-order valence-corrected chi connectivity index (χ2v) is 5.93. The van der Waals surface area contributed by atoms with Crippen LogP contribution >= 0.6 is 0 Å². The maximum absolute atomic E-state index is 9.76. The predicted molar refractivity (Wildman–Crippen MR) is 104 cm³/mol. The fourth-order valence-corrected chi connectivity index (χ4v) is 3.06. The minimum atomic E-state index is 0.158. The molecule has 0 N–H and O–H groups in total. The first-order valence-electron chi connectivity index (χ1n) is 8.40. The van der Waals surface area contributed by atoms with Gasteiger partial charge in [-0.05, 0) is 46.7 Å². The molecule has 0 bridgehead atoms. The number of nitriles is 1. The highest BCUT2D eigenvalue weighted by Crippen LogP contribution is 2.36. The smallest absolute Gasteiger partial charge is 0.231 e. The van der Waals surface area contributed by atoms with Crippen LogP contribution in [0.25, 0.3) is 22.4 Å². The van der Waals surface area contributed by atoms with Crippen molar-refractivity contribution in [2.45, 2.75) is 0 Å². The van der Waals surface area contributed by atoms with Gasteiger partial charge in [-0.2, -0.15) is 5.26 Å². The molecule has 0 aliphatic carbocycles. The van der Waals surface area contributed by atoms with E-state index in [9.17, 15) is 5.26 Å². The van der Waals surface area contributed by atoms with Gasteiger partial charge in [-0.3, -0.25) is 0 Å². The van der Waals surface area contributed by atoms with Crippen LogP contribution in [-0.4, -0.2) is 13.4 Å². The second kappa shape index (κ2) is 7.15. The molecule has 1 aliphatic rings. The number of terminal acetylenes is 1. The van der Waals surface area contributed by atoms with Gasteiger partial charge in [0, 0.05) is 5.56 Å². The van der Waals surface area contributed by atoms with E-state index in [2.05, 4.69) is 12.0 Å². The van der Waals surface area contributed by atoms with Crippen LogP contribution in [0, 0.1) is 23.7 Å². The molecule has 1 aliphatic heterocycles. The number of hydrogen-bond donors (Lipinski definition) is 0. The van der Waals surface area contributed by atoms with Crippen molar-refractivity contribution in [1.82, 2.24) is 0 Å². The molecule has 0 fully saturated rings. The van der Waals surface area contributed by atoms with Gasteiger partial charge < -0.3 is 14.2 Å². The summed E-state index contributed by atoms with van der Waals surface area (Å²) in [6, 6.07) is 19.5. The number of hydrogen-bond acceptors (Lipinski definition) is 4. The lowest BCUT2D eigenvalue weighted by atomic mass is 9.98. The third-order valence-electron chi connectivity index (χ3n) is 4.33. The third kappa shape index (κ3) is 3.17. The summed E-state index contributed by atoms with van der Waals surface area (Å²) in [4.78, 5) is 0. The van der Waals surface area contributed by atoms with Crippen LogP contribution < -0.4 is 14.2 Å². The Balaban J connectivity index is 1.86. The average Bonchev–Trinajstić information content (AvgIpc) is 3.18. The fraction of sp³-hybridized carbons (Fsp3) is 0.0870. The molecule has 0 atom stereocenters. The summed E-state index contributed by atoms with van der Waals surface area (Å²) in [6.45, 7) is 0.350. The van der Waals surface area contributed by atoms with Crippen molar-refractivity contribution in [2.24, 2.45) is 0 Å². The number of nitrogens with zero attached hydrogens (tertiary/aromatic N) is 1. The van der Waals surface area contributed by atoms with Crippen LogP contribution in [0.4, 0.5) is 0 Å². The summed E-state index contributed by atoms with van der Waals surface area (Å²) in [5.74, 6) is 4.43. The summed E-state index contributed by atoms with van der Waals surface area (Å²) in [6.07, 6.45) is 7.17. The van der Waals surface area contributed by atoms with Crippen molar-refractivity contribution >= 4 is 22.4 Å². The molecule has 0 radical (unpaired) electrons. The maximum Gasteiger partial charge on any atom is 0.231 e. The first-order valence-corrected chi connectivity index (χ1v) is 8.40. The van der Waals surface area contributed by atoms with E-state index in [1.807, 2.05) is 60.7 Å². The topological polar surface area (TPSA) is 51.5 Å². The molecular weight excluding hydrogens is 338 g/mol. The van der Waals surface area contributed by atoms with Crippen molar-refractivity contribution in [3.8, 4) is 35.7 Å². The highest BCUT2D eigenvalue weighted by atomic mass is 16.7. The zero-order valence-corrected chi connectivity index (χ0v) is 14.4. The van der Waals surface area contributed by atoms with Crippen LogP contribution in [0.1, 0.15) is 11.1 Å². The van der Waals surface area contributed by atoms with Crippen LogP contribution in [0.15, 0.2) is 54.6 Å². The SMILES string of the molecule is C#CCOc1ccc2ccccc2c1/C=C(\C#N)c1ccc2c(c1)OCO2. The molecule has 3 aromatic rings. The van der Waals surface area contributed by atoms with E-state index in [1.54, 1.807) is 0 Å². The molecule has 130 valence electrons. The Morgan fingerprint density at radius 1 is 1.11 bits per heavy atom. The summed E-state index contributed by atoms with van der Waals surface area (Å²) >= 11 is 0.